The van der Waals surface area contributed by atoms with Gasteiger partial charge in [0.15, 0.2) is 0 Å². The van der Waals surface area contributed by atoms with Crippen molar-refractivity contribution in [2.24, 2.45) is 0 Å². The minimum Gasteiger partial charge on any atom is -0.338 e. The molecule has 0 radical (unpaired) electrons. The van der Waals surface area contributed by atoms with Gasteiger partial charge in [-0.3, -0.25) is 5.32 Å². The molecule has 0 aliphatic carbocycles. The van der Waals surface area contributed by atoms with Crippen molar-refractivity contribution in [2.75, 3.05) is 43.4 Å². The van der Waals surface area contributed by atoms with Crippen LogP contribution in [0.4, 0.5) is 17.8 Å². The molecule has 8 heteroatoms. The van der Waals surface area contributed by atoms with Crippen LogP contribution in [0.1, 0.15) is 12.7 Å². The van der Waals surface area contributed by atoms with E-state index in [1.54, 1.807) is 6.20 Å². The first-order chi connectivity index (χ1) is 15.7. The van der Waals surface area contributed by atoms with Crippen molar-refractivity contribution in [3.63, 3.8) is 0 Å². The van der Waals surface area contributed by atoms with Gasteiger partial charge in [0.1, 0.15) is 5.82 Å². The summed E-state index contributed by atoms with van der Waals surface area (Å²) >= 11 is 0. The van der Waals surface area contributed by atoms with E-state index in [4.69, 9.17) is 4.98 Å². The number of nitrogens with zero attached hydrogens (tertiary/aromatic N) is 7. The standard InChI is InChI=1S/C24H26N8/c1-3-21-27-23(30-24(28-21)32-15-13-31(2)14-16-32)29-22-25-12-11-20(26-22)19-10-6-8-17-7-4-5-9-18(17)19/h4-12H,3,13-16H2,1-2H3,(H,25,26,27,28,29,30). The highest BCUT2D eigenvalue weighted by Gasteiger charge is 2.18. The molecule has 0 bridgehead atoms. The molecule has 8 nitrogen and oxygen atoms in total. The third-order valence-corrected chi connectivity index (χ3v) is 5.72. The van der Waals surface area contributed by atoms with Gasteiger partial charge in [0.2, 0.25) is 17.8 Å². The summed E-state index contributed by atoms with van der Waals surface area (Å²) in [5.41, 5.74) is 1.92. The highest BCUT2D eigenvalue weighted by Crippen LogP contribution is 2.27. The van der Waals surface area contributed by atoms with E-state index in [0.29, 0.717) is 17.8 Å². The van der Waals surface area contributed by atoms with E-state index in [2.05, 4.69) is 72.4 Å². The molecule has 5 rings (SSSR count). The lowest BCUT2D eigenvalue weighted by Gasteiger charge is -2.32. The molecule has 3 heterocycles. The Morgan fingerprint density at radius 2 is 1.66 bits per heavy atom. The van der Waals surface area contributed by atoms with E-state index in [-0.39, 0.29) is 0 Å². The molecule has 162 valence electrons. The molecule has 1 aliphatic heterocycles. The predicted octanol–water partition coefficient (Wildman–Crippen LogP) is 3.54. The number of benzene rings is 2. The zero-order valence-corrected chi connectivity index (χ0v) is 18.4. The Labute approximate surface area is 187 Å². The van der Waals surface area contributed by atoms with E-state index in [1.807, 2.05) is 25.1 Å². The van der Waals surface area contributed by atoms with E-state index in [9.17, 15) is 0 Å². The number of hydrogen-bond donors (Lipinski definition) is 1. The lowest BCUT2D eigenvalue weighted by atomic mass is 10.0. The van der Waals surface area contributed by atoms with Crippen LogP contribution >= 0.6 is 0 Å². The van der Waals surface area contributed by atoms with Crippen LogP contribution in [0, 0.1) is 0 Å². The summed E-state index contributed by atoms with van der Waals surface area (Å²) in [6.07, 6.45) is 2.49. The van der Waals surface area contributed by atoms with Gasteiger partial charge in [0.05, 0.1) is 5.69 Å². The number of piperazine rings is 1. The second-order valence-electron chi connectivity index (χ2n) is 7.94. The fourth-order valence-corrected chi connectivity index (χ4v) is 3.89. The molecule has 1 N–H and O–H groups in total. The molecule has 2 aromatic heterocycles. The molecule has 0 atom stereocenters. The number of anilines is 3. The lowest BCUT2D eigenvalue weighted by Crippen LogP contribution is -2.45. The minimum absolute atomic E-state index is 0.466. The van der Waals surface area contributed by atoms with Crippen LogP contribution < -0.4 is 10.2 Å². The summed E-state index contributed by atoms with van der Waals surface area (Å²) in [6.45, 7) is 5.83. The Kier molecular flexibility index (Phi) is 5.60. The minimum atomic E-state index is 0.466. The van der Waals surface area contributed by atoms with Crippen molar-refractivity contribution < 1.29 is 0 Å². The monoisotopic (exact) mass is 426 g/mol. The van der Waals surface area contributed by atoms with Gasteiger partial charge in [0.25, 0.3) is 0 Å². The van der Waals surface area contributed by atoms with Crippen LogP contribution in [0.5, 0.6) is 0 Å². The Balaban J connectivity index is 1.45. The largest absolute Gasteiger partial charge is 0.338 e. The summed E-state index contributed by atoms with van der Waals surface area (Å²) in [6, 6.07) is 16.5. The van der Waals surface area contributed by atoms with E-state index < -0.39 is 0 Å². The van der Waals surface area contributed by atoms with Crippen LogP contribution in [-0.2, 0) is 6.42 Å². The number of aromatic nitrogens is 5. The Morgan fingerprint density at radius 1 is 0.844 bits per heavy atom. The van der Waals surface area contributed by atoms with Crippen LogP contribution in [0.15, 0.2) is 54.7 Å². The van der Waals surface area contributed by atoms with E-state index in [1.165, 1.54) is 5.39 Å². The number of rotatable bonds is 5. The van der Waals surface area contributed by atoms with Crippen molar-refractivity contribution in [2.45, 2.75) is 13.3 Å². The number of nitrogens with one attached hydrogen (secondary N) is 1. The fourth-order valence-electron chi connectivity index (χ4n) is 3.89. The maximum atomic E-state index is 4.75. The number of aryl methyl sites for hydroxylation is 1. The fraction of sp³-hybridized carbons (Fsp3) is 0.292. The van der Waals surface area contributed by atoms with Crippen LogP contribution in [0.2, 0.25) is 0 Å². The predicted molar refractivity (Wildman–Crippen MR) is 127 cm³/mol. The zero-order chi connectivity index (χ0) is 21.9. The normalized spacial score (nSPS) is 14.6. The smallest absolute Gasteiger partial charge is 0.234 e. The molecular weight excluding hydrogens is 400 g/mol. The van der Waals surface area contributed by atoms with Crippen molar-refractivity contribution >= 4 is 28.6 Å². The van der Waals surface area contributed by atoms with Crippen molar-refractivity contribution in [3.05, 3.63) is 60.6 Å². The summed E-state index contributed by atoms with van der Waals surface area (Å²) < 4.78 is 0. The third kappa shape index (κ3) is 4.22. The number of likely N-dealkylation sites (N-methyl/N-ethyl adjacent to an activating group) is 1. The molecule has 0 unspecified atom stereocenters. The van der Waals surface area contributed by atoms with E-state index in [0.717, 1.165) is 55.1 Å². The van der Waals surface area contributed by atoms with Gasteiger partial charge < -0.3 is 9.80 Å². The molecule has 32 heavy (non-hydrogen) atoms. The Hall–Kier alpha value is -3.65. The van der Waals surface area contributed by atoms with Gasteiger partial charge in [-0.25, -0.2) is 9.97 Å². The molecule has 1 saturated heterocycles. The molecule has 4 aromatic rings. The summed E-state index contributed by atoms with van der Waals surface area (Å²) in [5, 5.41) is 5.54. The Bertz CT molecular complexity index is 1230. The van der Waals surface area contributed by atoms with Crippen molar-refractivity contribution in [1.29, 1.82) is 0 Å². The van der Waals surface area contributed by atoms with Gasteiger partial charge >= 0.3 is 0 Å². The Morgan fingerprint density at radius 3 is 2.50 bits per heavy atom. The second kappa shape index (κ2) is 8.84. The van der Waals surface area contributed by atoms with Gasteiger partial charge in [-0.05, 0) is 23.9 Å². The average Bonchev–Trinajstić information content (AvgIpc) is 2.84. The first-order valence-electron chi connectivity index (χ1n) is 11.0. The molecule has 0 saturated carbocycles. The topological polar surface area (TPSA) is 83.0 Å². The third-order valence-electron chi connectivity index (χ3n) is 5.72. The lowest BCUT2D eigenvalue weighted by molar-refractivity contribution is 0.311. The first-order valence-corrected chi connectivity index (χ1v) is 11.0. The SMILES string of the molecule is CCc1nc(Nc2nccc(-c3cccc4ccccc34)n2)nc(N2CCN(C)CC2)n1. The second-order valence-corrected chi connectivity index (χ2v) is 7.94. The molecular formula is C24H26N8. The highest BCUT2D eigenvalue weighted by atomic mass is 15.3. The van der Waals surface area contributed by atoms with Crippen molar-refractivity contribution in [3.8, 4) is 11.3 Å². The molecule has 2 aromatic carbocycles. The number of fused-ring (bicyclic) bond motifs is 1. The maximum Gasteiger partial charge on any atom is 0.234 e. The zero-order valence-electron chi connectivity index (χ0n) is 18.4. The summed E-state index contributed by atoms with van der Waals surface area (Å²) in [5.74, 6) is 2.40. The van der Waals surface area contributed by atoms with Crippen LogP contribution in [0.25, 0.3) is 22.0 Å². The first kappa shape index (κ1) is 20.3. The molecule has 1 aliphatic rings. The average molecular weight is 427 g/mol. The molecule has 0 spiro atoms. The molecule has 0 amide bonds. The van der Waals surface area contributed by atoms with Gasteiger partial charge in [-0.1, -0.05) is 49.4 Å². The van der Waals surface area contributed by atoms with Crippen LogP contribution in [-0.4, -0.2) is 63.0 Å². The summed E-state index contributed by atoms with van der Waals surface area (Å²) in [4.78, 5) is 27.6. The van der Waals surface area contributed by atoms with Gasteiger partial charge in [-0.15, -0.1) is 0 Å². The molecule has 1 fully saturated rings. The van der Waals surface area contributed by atoms with Gasteiger partial charge in [-0.2, -0.15) is 15.0 Å². The quantitative estimate of drug-likeness (QED) is 0.519. The maximum absolute atomic E-state index is 4.75. The van der Waals surface area contributed by atoms with E-state index >= 15 is 0 Å². The van der Waals surface area contributed by atoms with Crippen LogP contribution in [0.3, 0.4) is 0 Å². The highest BCUT2D eigenvalue weighted by molar-refractivity contribution is 5.95. The van der Waals surface area contributed by atoms with Gasteiger partial charge in [0, 0.05) is 44.4 Å². The van der Waals surface area contributed by atoms with Crippen molar-refractivity contribution in [1.82, 2.24) is 29.8 Å². The summed E-state index contributed by atoms with van der Waals surface area (Å²) in [7, 11) is 2.13. The number of hydrogen-bond acceptors (Lipinski definition) is 8.